The molecule has 2 aliphatic heterocycles. The number of hydrogen-bond acceptors (Lipinski definition) is 5. The average molecular weight is 590 g/mol. The van der Waals surface area contributed by atoms with Crippen LogP contribution in [0.3, 0.4) is 0 Å². The highest BCUT2D eigenvalue weighted by Gasteiger charge is 2.62. The number of alkyl halides is 3. The fraction of sp³-hybridized carbons (Fsp3) is 0.310. The van der Waals surface area contributed by atoms with Gasteiger partial charge in [0.05, 0.1) is 11.3 Å². The smallest absolute Gasteiger partial charge is 0.423 e. The Hall–Kier alpha value is -2.85. The van der Waals surface area contributed by atoms with Gasteiger partial charge in [-0.2, -0.15) is 13.2 Å². The Balaban J connectivity index is 1.32. The number of ketones is 1. The zero-order chi connectivity index (χ0) is 29.0. The molecule has 0 aliphatic carbocycles. The number of fused-ring (bicyclic) bond motifs is 1. The molecule has 0 fully saturated rings. The Morgan fingerprint density at radius 2 is 1.77 bits per heavy atom. The first-order valence-corrected chi connectivity index (χ1v) is 13.4. The Morgan fingerprint density at radius 3 is 2.42 bits per heavy atom. The first-order valence-electron chi connectivity index (χ1n) is 12.6. The fourth-order valence-corrected chi connectivity index (χ4v) is 5.82. The second-order valence-electron chi connectivity index (χ2n) is 10.6. The fourth-order valence-electron chi connectivity index (χ4n) is 5.30. The van der Waals surface area contributed by atoms with Crippen molar-refractivity contribution in [2.75, 3.05) is 0 Å². The maximum absolute atomic E-state index is 14.3. The molecule has 0 amide bonds. The summed E-state index contributed by atoms with van der Waals surface area (Å²) in [5, 5.41) is 14.0. The van der Waals surface area contributed by atoms with Gasteiger partial charge in [0, 0.05) is 34.0 Å². The number of carbonyl (C=O) groups excluding carboxylic acids is 1. The number of benzene rings is 3. The van der Waals surface area contributed by atoms with E-state index >= 15 is 0 Å². The molecule has 0 spiro atoms. The van der Waals surface area contributed by atoms with Crippen LogP contribution in [0.25, 0.3) is 0 Å². The number of oxime groups is 1. The SMILES string of the molecule is Cc1cc(C2=NOC(c3cc(Cl)cc(Cl)c3)(C(F)(F)F)C2)ccc1C(=O)CCc1ccc2c(c1)C(C)(C)OB2O. The topological polar surface area (TPSA) is 68.1 Å². The first-order chi connectivity index (χ1) is 18.7. The monoisotopic (exact) mass is 589 g/mol. The van der Waals surface area contributed by atoms with Crippen LogP contribution in [0.1, 0.15) is 64.9 Å². The summed E-state index contributed by atoms with van der Waals surface area (Å²) in [5.41, 5.74) is 0.567. The summed E-state index contributed by atoms with van der Waals surface area (Å²) in [7, 11) is -0.971. The maximum Gasteiger partial charge on any atom is 0.492 e. The highest BCUT2D eigenvalue weighted by Crippen LogP contribution is 2.49. The lowest BCUT2D eigenvalue weighted by Crippen LogP contribution is -2.42. The van der Waals surface area contributed by atoms with Crippen molar-refractivity contribution >= 4 is 47.3 Å². The largest absolute Gasteiger partial charge is 0.492 e. The van der Waals surface area contributed by atoms with Gasteiger partial charge in [-0.1, -0.05) is 58.7 Å². The van der Waals surface area contributed by atoms with Crippen molar-refractivity contribution in [3.05, 3.63) is 98.0 Å². The molecule has 208 valence electrons. The lowest BCUT2D eigenvalue weighted by Gasteiger charge is -2.29. The van der Waals surface area contributed by atoms with Crippen molar-refractivity contribution in [1.82, 2.24) is 0 Å². The molecule has 0 aromatic heterocycles. The van der Waals surface area contributed by atoms with E-state index in [1.54, 1.807) is 25.1 Å². The molecule has 3 aromatic rings. The zero-order valence-electron chi connectivity index (χ0n) is 21.9. The van der Waals surface area contributed by atoms with Crippen LogP contribution >= 0.6 is 23.2 Å². The summed E-state index contributed by atoms with van der Waals surface area (Å²) in [6, 6.07) is 14.2. The van der Waals surface area contributed by atoms with Crippen LogP contribution in [0.4, 0.5) is 13.2 Å². The van der Waals surface area contributed by atoms with Crippen LogP contribution in [-0.4, -0.2) is 29.8 Å². The molecule has 2 heterocycles. The summed E-state index contributed by atoms with van der Waals surface area (Å²) in [4.78, 5) is 18.2. The molecule has 0 saturated carbocycles. The predicted octanol–water partition coefficient (Wildman–Crippen LogP) is 6.65. The Morgan fingerprint density at radius 1 is 1.07 bits per heavy atom. The summed E-state index contributed by atoms with van der Waals surface area (Å²) in [6.07, 6.45) is -4.66. The van der Waals surface area contributed by atoms with Crippen molar-refractivity contribution in [2.45, 2.75) is 57.4 Å². The van der Waals surface area contributed by atoms with Crippen molar-refractivity contribution in [3.8, 4) is 0 Å². The van der Waals surface area contributed by atoms with E-state index in [9.17, 15) is 23.0 Å². The van der Waals surface area contributed by atoms with E-state index in [1.807, 2.05) is 32.0 Å². The van der Waals surface area contributed by atoms with Crippen molar-refractivity contribution in [1.29, 1.82) is 0 Å². The molecule has 1 unspecified atom stereocenters. The second kappa shape index (κ2) is 10.2. The Kier molecular flexibility index (Phi) is 7.32. The summed E-state index contributed by atoms with van der Waals surface area (Å²) >= 11 is 12.0. The van der Waals surface area contributed by atoms with E-state index in [0.29, 0.717) is 23.1 Å². The van der Waals surface area contributed by atoms with E-state index in [2.05, 4.69) is 5.16 Å². The predicted molar refractivity (Wildman–Crippen MR) is 148 cm³/mol. The minimum atomic E-state index is -4.80. The quantitative estimate of drug-likeness (QED) is 0.258. The van der Waals surface area contributed by atoms with E-state index in [4.69, 9.17) is 32.7 Å². The van der Waals surface area contributed by atoms with E-state index in [-0.39, 0.29) is 33.5 Å². The van der Waals surface area contributed by atoms with Gasteiger partial charge in [-0.3, -0.25) is 4.79 Å². The van der Waals surface area contributed by atoms with E-state index in [0.717, 1.165) is 16.6 Å². The van der Waals surface area contributed by atoms with Gasteiger partial charge in [-0.25, -0.2) is 0 Å². The summed E-state index contributed by atoms with van der Waals surface area (Å²) in [6.45, 7) is 5.49. The van der Waals surface area contributed by atoms with E-state index < -0.39 is 30.9 Å². The molecule has 1 N–H and O–H groups in total. The molecule has 1 atom stereocenters. The highest BCUT2D eigenvalue weighted by atomic mass is 35.5. The molecular weight excluding hydrogens is 565 g/mol. The minimum Gasteiger partial charge on any atom is -0.423 e. The number of nitrogens with zero attached hydrogens (tertiary/aromatic N) is 1. The molecule has 5 nitrogen and oxygen atoms in total. The van der Waals surface area contributed by atoms with Gasteiger partial charge in [0.2, 0.25) is 0 Å². The average Bonchev–Trinajstić information content (AvgIpc) is 3.42. The van der Waals surface area contributed by atoms with Crippen LogP contribution in [-0.2, 0) is 27.1 Å². The summed E-state index contributed by atoms with van der Waals surface area (Å²) in [5.74, 6) is -0.0945. The molecule has 3 aromatic carbocycles. The molecule has 11 heteroatoms. The number of halogens is 5. The molecule has 2 aliphatic rings. The number of hydrogen-bond donors (Lipinski definition) is 1. The molecule has 5 rings (SSSR count). The lowest BCUT2D eigenvalue weighted by molar-refractivity contribution is -0.275. The standard InChI is InChI=1S/C29H25BCl2F3NO4/c1-16-10-18(25-15-28(40-36-25,29(33,34)35)19-12-20(31)14-21(32)13-19)6-7-22(16)26(37)9-5-17-4-8-24-23(11-17)27(2,3)39-30(24)38/h4,6-8,10-14,38H,5,9,15H2,1-3H3. The number of Topliss-reactive ketones (excluding diaryl/α,β-unsaturated/α-hetero) is 1. The lowest BCUT2D eigenvalue weighted by atomic mass is 9.77. The molecule has 0 radical (unpaired) electrons. The second-order valence-corrected chi connectivity index (χ2v) is 11.5. The normalized spacial score (nSPS) is 19.8. The van der Waals surface area contributed by atoms with Gasteiger partial charge >= 0.3 is 13.3 Å². The highest BCUT2D eigenvalue weighted by molar-refractivity contribution is 6.61. The van der Waals surface area contributed by atoms with E-state index in [1.165, 1.54) is 18.2 Å². The minimum absolute atomic E-state index is 0.0522. The van der Waals surface area contributed by atoms with Gasteiger partial charge in [0.25, 0.3) is 5.60 Å². The summed E-state index contributed by atoms with van der Waals surface area (Å²) < 4.78 is 48.5. The maximum atomic E-state index is 14.3. The van der Waals surface area contributed by atoms with Gasteiger partial charge in [0.15, 0.2) is 5.78 Å². The van der Waals surface area contributed by atoms with Gasteiger partial charge < -0.3 is 14.5 Å². The number of aryl methyl sites for hydroxylation is 2. The van der Waals surface area contributed by atoms with Crippen LogP contribution in [0.2, 0.25) is 10.0 Å². The molecule has 0 bridgehead atoms. The number of carbonyl (C=O) groups is 1. The third kappa shape index (κ3) is 5.16. The molecule has 0 saturated heterocycles. The van der Waals surface area contributed by atoms with Gasteiger partial charge in [-0.15, -0.1) is 0 Å². The van der Waals surface area contributed by atoms with Crippen molar-refractivity contribution in [3.63, 3.8) is 0 Å². The van der Waals surface area contributed by atoms with Gasteiger partial charge in [-0.05, 0) is 79.2 Å². The molecular formula is C29H25BCl2F3NO4. The molecule has 40 heavy (non-hydrogen) atoms. The van der Waals surface area contributed by atoms with Crippen molar-refractivity contribution in [2.24, 2.45) is 5.16 Å². The Labute approximate surface area is 240 Å². The number of rotatable bonds is 6. The third-order valence-electron chi connectivity index (χ3n) is 7.45. The Bertz CT molecular complexity index is 1520. The van der Waals surface area contributed by atoms with Crippen molar-refractivity contribution < 1.29 is 32.5 Å². The third-order valence-corrected chi connectivity index (χ3v) is 7.89. The zero-order valence-corrected chi connectivity index (χ0v) is 23.4. The van der Waals surface area contributed by atoms with Crippen LogP contribution in [0.5, 0.6) is 0 Å². The van der Waals surface area contributed by atoms with Crippen LogP contribution < -0.4 is 5.46 Å². The van der Waals surface area contributed by atoms with Crippen LogP contribution in [0, 0.1) is 6.92 Å². The van der Waals surface area contributed by atoms with Crippen LogP contribution in [0.15, 0.2) is 59.8 Å². The first kappa shape index (κ1) is 28.7. The van der Waals surface area contributed by atoms with Gasteiger partial charge in [0.1, 0.15) is 0 Å².